The van der Waals surface area contributed by atoms with E-state index in [1.165, 1.54) is 6.92 Å². The van der Waals surface area contributed by atoms with Crippen molar-refractivity contribution in [1.29, 1.82) is 0 Å². The van der Waals surface area contributed by atoms with Gasteiger partial charge in [-0.3, -0.25) is 0 Å². The Balaban J connectivity index is 0.00000141. The highest BCUT2D eigenvalue weighted by Gasteiger charge is 2.29. The van der Waals surface area contributed by atoms with E-state index in [1.54, 1.807) is 12.1 Å². The summed E-state index contributed by atoms with van der Waals surface area (Å²) in [5.41, 5.74) is 3.59. The predicted molar refractivity (Wildman–Crippen MR) is 124 cm³/mol. The second-order valence-corrected chi connectivity index (χ2v) is 7.59. The van der Waals surface area contributed by atoms with Crippen LogP contribution >= 0.6 is 0 Å². The molecule has 3 heteroatoms. The summed E-state index contributed by atoms with van der Waals surface area (Å²) in [6.45, 7) is 7.37. The van der Waals surface area contributed by atoms with E-state index in [-0.39, 0.29) is 22.6 Å². The van der Waals surface area contributed by atoms with Crippen LogP contribution in [0.3, 0.4) is 0 Å². The summed E-state index contributed by atoms with van der Waals surface area (Å²) >= 11 is 0. The minimum atomic E-state index is -0.667. The van der Waals surface area contributed by atoms with Crippen molar-refractivity contribution in [2.45, 2.75) is 46.5 Å². The Morgan fingerprint density at radius 2 is 1.22 bits per heavy atom. The van der Waals surface area contributed by atoms with Crippen LogP contribution in [0.2, 0.25) is 0 Å². The molecule has 1 fully saturated rings. The van der Waals surface area contributed by atoms with Crippen molar-refractivity contribution in [3.05, 3.63) is 105 Å². The highest BCUT2D eigenvalue weighted by molar-refractivity contribution is 5.54. The van der Waals surface area contributed by atoms with E-state index in [2.05, 4.69) is 23.7 Å². The molecular weight excluding hydrogens is 405 g/mol. The maximum Gasteiger partial charge on any atom is 0.143 e. The van der Waals surface area contributed by atoms with Crippen LogP contribution in [0.4, 0.5) is 13.2 Å². The molecular formula is C29H25F3. The van der Waals surface area contributed by atoms with Crippen LogP contribution in [0.5, 0.6) is 0 Å². The van der Waals surface area contributed by atoms with Crippen molar-refractivity contribution in [3.8, 4) is 23.7 Å². The van der Waals surface area contributed by atoms with Crippen LogP contribution in [0.25, 0.3) is 0 Å². The van der Waals surface area contributed by atoms with Crippen molar-refractivity contribution in [1.82, 2.24) is 0 Å². The fourth-order valence-corrected chi connectivity index (χ4v) is 3.20. The zero-order valence-corrected chi connectivity index (χ0v) is 18.7. The van der Waals surface area contributed by atoms with Gasteiger partial charge >= 0.3 is 0 Å². The molecule has 0 radical (unpaired) electrons. The molecule has 0 aromatic heterocycles. The van der Waals surface area contributed by atoms with Gasteiger partial charge in [-0.1, -0.05) is 55.2 Å². The molecule has 162 valence electrons. The Morgan fingerprint density at radius 3 is 1.81 bits per heavy atom. The van der Waals surface area contributed by atoms with Gasteiger partial charge < -0.3 is 0 Å². The zero-order valence-electron chi connectivity index (χ0n) is 18.7. The van der Waals surface area contributed by atoms with E-state index < -0.39 is 17.5 Å². The molecule has 0 saturated heterocycles. The first-order valence-electron chi connectivity index (χ1n) is 10.8. The molecule has 0 aliphatic heterocycles. The van der Waals surface area contributed by atoms with Crippen molar-refractivity contribution in [3.63, 3.8) is 0 Å². The van der Waals surface area contributed by atoms with Gasteiger partial charge in [-0.05, 0) is 69.0 Å². The second-order valence-electron chi connectivity index (χ2n) is 7.59. The highest BCUT2D eigenvalue weighted by atomic mass is 19.1. The summed E-state index contributed by atoms with van der Waals surface area (Å²) in [6, 6.07) is 13.5. The Kier molecular flexibility index (Phi) is 7.45. The molecule has 0 atom stereocenters. The minimum absolute atomic E-state index is 0.0562. The van der Waals surface area contributed by atoms with E-state index in [0.29, 0.717) is 11.1 Å². The molecule has 0 nitrogen and oxygen atoms in total. The molecule has 0 amide bonds. The molecule has 1 aliphatic rings. The number of hydrogen-bond donors (Lipinski definition) is 0. The number of halogens is 3. The van der Waals surface area contributed by atoms with Crippen molar-refractivity contribution < 1.29 is 13.2 Å². The van der Waals surface area contributed by atoms with Crippen molar-refractivity contribution >= 4 is 0 Å². The second kappa shape index (κ2) is 10.3. The number of rotatable bonds is 1. The lowest BCUT2D eigenvalue weighted by Crippen LogP contribution is -1.97. The maximum atomic E-state index is 15.2. The average Bonchev–Trinajstić information content (AvgIpc) is 3.63. The molecule has 0 bridgehead atoms. The lowest BCUT2D eigenvalue weighted by Gasteiger charge is -2.07. The molecule has 0 heterocycles. The summed E-state index contributed by atoms with van der Waals surface area (Å²) in [4.78, 5) is 0. The monoisotopic (exact) mass is 430 g/mol. The molecule has 1 saturated carbocycles. The Labute approximate surface area is 188 Å². The largest absolute Gasteiger partial charge is 0.207 e. The third-order valence-electron chi connectivity index (χ3n) is 5.18. The first kappa shape index (κ1) is 23.2. The van der Waals surface area contributed by atoms with Crippen LogP contribution in [0, 0.1) is 55.0 Å². The van der Waals surface area contributed by atoms with E-state index in [4.69, 9.17) is 0 Å². The standard InChI is InChI=1S/C27H19F3.C2H6/c1-17-3-5-19(6-4-17)7-9-21-13-14-23(27(30)26(21)22-11-12-22)10-8-20-15-24(28)18(2)25(29)16-20;1-2/h3-6,13-16,22H,11-12H2,1-2H3;1-2H3. The Bertz CT molecular complexity index is 1220. The van der Waals surface area contributed by atoms with Gasteiger partial charge in [-0.25, -0.2) is 13.2 Å². The molecule has 0 unspecified atom stereocenters. The number of hydrogen-bond acceptors (Lipinski definition) is 0. The lowest BCUT2D eigenvalue weighted by atomic mass is 9.98. The van der Waals surface area contributed by atoms with Crippen LogP contribution in [0.15, 0.2) is 48.5 Å². The third-order valence-corrected chi connectivity index (χ3v) is 5.18. The van der Waals surface area contributed by atoms with E-state index in [1.807, 2.05) is 45.0 Å². The van der Waals surface area contributed by atoms with Gasteiger partial charge in [0.1, 0.15) is 17.5 Å². The quantitative estimate of drug-likeness (QED) is 0.352. The average molecular weight is 431 g/mol. The summed E-state index contributed by atoms with van der Waals surface area (Å²) in [5, 5.41) is 0. The summed E-state index contributed by atoms with van der Waals surface area (Å²) in [6.07, 6.45) is 1.84. The van der Waals surface area contributed by atoms with E-state index in [9.17, 15) is 8.78 Å². The topological polar surface area (TPSA) is 0 Å². The van der Waals surface area contributed by atoms with Crippen LogP contribution in [0.1, 0.15) is 71.6 Å². The molecule has 0 spiro atoms. The number of aryl methyl sites for hydroxylation is 1. The van der Waals surface area contributed by atoms with E-state index >= 15 is 4.39 Å². The van der Waals surface area contributed by atoms with E-state index in [0.717, 1.165) is 36.1 Å². The maximum absolute atomic E-state index is 15.2. The van der Waals surface area contributed by atoms with Gasteiger partial charge in [-0.15, -0.1) is 0 Å². The zero-order chi connectivity index (χ0) is 23.3. The van der Waals surface area contributed by atoms with Gasteiger partial charge in [0.25, 0.3) is 0 Å². The minimum Gasteiger partial charge on any atom is -0.207 e. The van der Waals surface area contributed by atoms with Crippen LogP contribution in [-0.2, 0) is 0 Å². The first-order chi connectivity index (χ1) is 15.4. The normalized spacial score (nSPS) is 12.0. The smallest absolute Gasteiger partial charge is 0.143 e. The Morgan fingerprint density at radius 1 is 0.688 bits per heavy atom. The fourth-order valence-electron chi connectivity index (χ4n) is 3.20. The summed E-state index contributed by atoms with van der Waals surface area (Å²) in [5.74, 6) is 10.0. The van der Waals surface area contributed by atoms with Crippen LogP contribution < -0.4 is 0 Å². The lowest BCUT2D eigenvalue weighted by molar-refractivity contribution is 0.567. The fraction of sp³-hybridized carbons (Fsp3) is 0.241. The van der Waals surface area contributed by atoms with Crippen LogP contribution in [-0.4, -0.2) is 0 Å². The van der Waals surface area contributed by atoms with Gasteiger partial charge in [0.2, 0.25) is 0 Å². The molecule has 4 rings (SSSR count). The SMILES string of the molecule is CC.Cc1ccc(C#Cc2ccc(C#Cc3cc(F)c(C)c(F)c3)c(F)c2C2CC2)cc1. The van der Waals surface area contributed by atoms with Crippen molar-refractivity contribution in [2.75, 3.05) is 0 Å². The Hall–Kier alpha value is -3.43. The predicted octanol–water partition coefficient (Wildman–Crippen LogP) is 7.42. The van der Waals surface area contributed by atoms with Gasteiger partial charge in [-0.2, -0.15) is 0 Å². The summed E-state index contributed by atoms with van der Waals surface area (Å²) in [7, 11) is 0. The highest BCUT2D eigenvalue weighted by Crippen LogP contribution is 2.43. The molecule has 3 aromatic carbocycles. The third kappa shape index (κ3) is 5.43. The number of benzene rings is 3. The molecule has 32 heavy (non-hydrogen) atoms. The molecule has 1 aliphatic carbocycles. The molecule has 0 N–H and O–H groups in total. The van der Waals surface area contributed by atoms with Gasteiger partial charge in [0, 0.05) is 27.8 Å². The van der Waals surface area contributed by atoms with Gasteiger partial charge in [0.05, 0.1) is 5.56 Å². The summed E-state index contributed by atoms with van der Waals surface area (Å²) < 4.78 is 42.7. The van der Waals surface area contributed by atoms with Crippen molar-refractivity contribution in [2.24, 2.45) is 0 Å². The molecule has 3 aromatic rings. The van der Waals surface area contributed by atoms with Gasteiger partial charge in [0.15, 0.2) is 0 Å². The first-order valence-corrected chi connectivity index (χ1v) is 10.8.